The van der Waals surface area contributed by atoms with Gasteiger partial charge in [-0.2, -0.15) is 0 Å². The summed E-state index contributed by atoms with van der Waals surface area (Å²) in [4.78, 5) is 0. The SMILES string of the molecule is COCCc1ccc(C(Cl)Cc2ccccc2F)cc1. The minimum atomic E-state index is -0.219. The van der Waals surface area contributed by atoms with Crippen LogP contribution in [0.5, 0.6) is 0 Å². The van der Waals surface area contributed by atoms with E-state index in [1.54, 1.807) is 19.2 Å². The van der Waals surface area contributed by atoms with Crippen molar-refractivity contribution in [2.75, 3.05) is 13.7 Å². The molecule has 0 saturated heterocycles. The van der Waals surface area contributed by atoms with Crippen LogP contribution in [0.3, 0.4) is 0 Å². The van der Waals surface area contributed by atoms with Crippen molar-refractivity contribution in [2.45, 2.75) is 18.2 Å². The van der Waals surface area contributed by atoms with Gasteiger partial charge in [0.2, 0.25) is 0 Å². The van der Waals surface area contributed by atoms with Crippen molar-refractivity contribution in [3.63, 3.8) is 0 Å². The molecule has 2 aromatic rings. The van der Waals surface area contributed by atoms with Gasteiger partial charge in [-0.05, 0) is 35.6 Å². The van der Waals surface area contributed by atoms with Crippen LogP contribution in [0.1, 0.15) is 22.1 Å². The van der Waals surface area contributed by atoms with Crippen LogP contribution < -0.4 is 0 Å². The van der Waals surface area contributed by atoms with Crippen LogP contribution in [0.4, 0.5) is 4.39 Å². The van der Waals surface area contributed by atoms with Gasteiger partial charge in [0.25, 0.3) is 0 Å². The molecule has 0 amide bonds. The van der Waals surface area contributed by atoms with Gasteiger partial charge in [-0.3, -0.25) is 0 Å². The number of hydrogen-bond donors (Lipinski definition) is 0. The van der Waals surface area contributed by atoms with Gasteiger partial charge in [0, 0.05) is 7.11 Å². The standard InChI is InChI=1S/C17H18ClFO/c1-20-11-10-13-6-8-14(9-7-13)16(18)12-15-4-2-3-5-17(15)19/h2-9,16H,10-12H2,1H3. The summed E-state index contributed by atoms with van der Waals surface area (Å²) in [6.45, 7) is 0.707. The van der Waals surface area contributed by atoms with Crippen molar-refractivity contribution >= 4 is 11.6 Å². The first kappa shape index (κ1) is 15.0. The number of hydrogen-bond acceptors (Lipinski definition) is 1. The summed E-state index contributed by atoms with van der Waals surface area (Å²) in [5.41, 5.74) is 2.87. The fourth-order valence-electron chi connectivity index (χ4n) is 2.09. The second-order valence-corrected chi connectivity index (χ2v) is 5.27. The zero-order chi connectivity index (χ0) is 14.4. The van der Waals surface area contributed by atoms with Crippen LogP contribution in [0.2, 0.25) is 0 Å². The van der Waals surface area contributed by atoms with Crippen molar-refractivity contribution in [2.24, 2.45) is 0 Å². The maximum Gasteiger partial charge on any atom is 0.126 e. The second-order valence-electron chi connectivity index (χ2n) is 4.75. The molecule has 0 aliphatic heterocycles. The largest absolute Gasteiger partial charge is 0.384 e. The summed E-state index contributed by atoms with van der Waals surface area (Å²) in [5.74, 6) is -0.199. The van der Waals surface area contributed by atoms with Crippen LogP contribution in [0.25, 0.3) is 0 Å². The number of rotatable bonds is 6. The van der Waals surface area contributed by atoms with E-state index in [1.165, 1.54) is 11.6 Å². The molecule has 0 radical (unpaired) electrons. The van der Waals surface area contributed by atoms with Crippen molar-refractivity contribution in [3.8, 4) is 0 Å². The highest BCUT2D eigenvalue weighted by atomic mass is 35.5. The highest BCUT2D eigenvalue weighted by molar-refractivity contribution is 6.20. The average molecular weight is 293 g/mol. The Morgan fingerprint density at radius 1 is 1.10 bits per heavy atom. The molecule has 1 unspecified atom stereocenters. The monoisotopic (exact) mass is 292 g/mol. The Kier molecular flexibility index (Phi) is 5.57. The van der Waals surface area contributed by atoms with Crippen LogP contribution in [-0.2, 0) is 17.6 Å². The second kappa shape index (κ2) is 7.41. The van der Waals surface area contributed by atoms with E-state index in [0.717, 1.165) is 12.0 Å². The van der Waals surface area contributed by atoms with Crippen LogP contribution in [-0.4, -0.2) is 13.7 Å². The lowest BCUT2D eigenvalue weighted by molar-refractivity contribution is 0.202. The van der Waals surface area contributed by atoms with Crippen molar-refractivity contribution in [3.05, 3.63) is 71.0 Å². The summed E-state index contributed by atoms with van der Waals surface area (Å²) < 4.78 is 18.6. The smallest absolute Gasteiger partial charge is 0.126 e. The maximum absolute atomic E-state index is 13.6. The highest BCUT2D eigenvalue weighted by Crippen LogP contribution is 2.26. The van der Waals surface area contributed by atoms with Gasteiger partial charge in [0.15, 0.2) is 0 Å². The lowest BCUT2D eigenvalue weighted by atomic mass is 10.0. The number of methoxy groups -OCH3 is 1. The number of ether oxygens (including phenoxy) is 1. The molecule has 2 rings (SSSR count). The summed E-state index contributed by atoms with van der Waals surface area (Å²) in [5, 5.41) is -0.219. The van der Waals surface area contributed by atoms with E-state index in [2.05, 4.69) is 0 Å². The third-order valence-electron chi connectivity index (χ3n) is 3.29. The molecule has 0 aliphatic carbocycles. The predicted octanol–water partition coefficient (Wildman–Crippen LogP) is 4.54. The molecule has 106 valence electrons. The summed E-state index contributed by atoms with van der Waals surface area (Å²) >= 11 is 6.38. The molecule has 2 aromatic carbocycles. The minimum absolute atomic E-state index is 0.199. The molecule has 0 aliphatic rings. The van der Waals surface area contributed by atoms with Gasteiger partial charge >= 0.3 is 0 Å². The molecule has 0 aromatic heterocycles. The Bertz CT molecular complexity index is 539. The molecular formula is C17H18ClFO. The first-order valence-corrected chi connectivity index (χ1v) is 7.09. The molecule has 0 spiro atoms. The Morgan fingerprint density at radius 2 is 1.80 bits per heavy atom. The van der Waals surface area contributed by atoms with E-state index in [9.17, 15) is 4.39 Å². The molecule has 0 N–H and O–H groups in total. The predicted molar refractivity (Wildman–Crippen MR) is 80.7 cm³/mol. The molecule has 0 saturated carbocycles. The molecule has 0 fully saturated rings. The van der Waals surface area contributed by atoms with E-state index in [-0.39, 0.29) is 11.2 Å². The Hall–Kier alpha value is -1.38. The van der Waals surface area contributed by atoms with E-state index >= 15 is 0 Å². The fourth-order valence-corrected chi connectivity index (χ4v) is 2.40. The van der Waals surface area contributed by atoms with Gasteiger partial charge in [0.1, 0.15) is 5.82 Å². The van der Waals surface area contributed by atoms with Crippen molar-refractivity contribution < 1.29 is 9.13 Å². The number of halogens is 2. The van der Waals surface area contributed by atoms with Gasteiger partial charge in [-0.1, -0.05) is 42.5 Å². The average Bonchev–Trinajstić information content (AvgIpc) is 2.48. The molecule has 0 heterocycles. The zero-order valence-electron chi connectivity index (χ0n) is 11.5. The van der Waals surface area contributed by atoms with E-state index in [1.807, 2.05) is 30.3 Å². The third-order valence-corrected chi connectivity index (χ3v) is 3.70. The fraction of sp³-hybridized carbons (Fsp3) is 0.294. The maximum atomic E-state index is 13.6. The minimum Gasteiger partial charge on any atom is -0.384 e. The van der Waals surface area contributed by atoms with E-state index in [0.29, 0.717) is 18.6 Å². The summed E-state index contributed by atoms with van der Waals surface area (Å²) in [7, 11) is 1.69. The van der Waals surface area contributed by atoms with E-state index in [4.69, 9.17) is 16.3 Å². The topological polar surface area (TPSA) is 9.23 Å². The molecular weight excluding hydrogens is 275 g/mol. The zero-order valence-corrected chi connectivity index (χ0v) is 12.2. The van der Waals surface area contributed by atoms with E-state index < -0.39 is 0 Å². The lowest BCUT2D eigenvalue weighted by Crippen LogP contribution is -1.99. The van der Waals surface area contributed by atoms with Crippen LogP contribution in [0, 0.1) is 5.82 Å². The molecule has 20 heavy (non-hydrogen) atoms. The van der Waals surface area contributed by atoms with Crippen molar-refractivity contribution in [1.82, 2.24) is 0 Å². The van der Waals surface area contributed by atoms with Crippen molar-refractivity contribution in [1.29, 1.82) is 0 Å². The Labute approximate surface area is 124 Å². The normalized spacial score (nSPS) is 12.3. The van der Waals surface area contributed by atoms with Gasteiger partial charge < -0.3 is 4.74 Å². The summed E-state index contributed by atoms with van der Waals surface area (Å²) in [6, 6.07) is 14.9. The number of alkyl halides is 1. The third kappa shape index (κ3) is 4.06. The number of benzene rings is 2. The Morgan fingerprint density at radius 3 is 2.45 bits per heavy atom. The Balaban J connectivity index is 2.02. The molecule has 1 atom stereocenters. The van der Waals surface area contributed by atoms with Crippen LogP contribution >= 0.6 is 11.6 Å². The van der Waals surface area contributed by atoms with Gasteiger partial charge in [0.05, 0.1) is 12.0 Å². The highest BCUT2D eigenvalue weighted by Gasteiger charge is 2.11. The molecule has 3 heteroatoms. The first-order valence-electron chi connectivity index (χ1n) is 6.66. The van der Waals surface area contributed by atoms with Crippen LogP contribution in [0.15, 0.2) is 48.5 Å². The quantitative estimate of drug-likeness (QED) is 0.710. The molecule has 0 bridgehead atoms. The molecule has 1 nitrogen and oxygen atoms in total. The summed E-state index contributed by atoms with van der Waals surface area (Å²) in [6.07, 6.45) is 1.38. The lowest BCUT2D eigenvalue weighted by Gasteiger charge is -2.11. The first-order chi connectivity index (χ1) is 9.70. The van der Waals surface area contributed by atoms with Gasteiger partial charge in [-0.15, -0.1) is 11.6 Å². The van der Waals surface area contributed by atoms with Gasteiger partial charge in [-0.25, -0.2) is 4.39 Å².